The van der Waals surface area contributed by atoms with Gasteiger partial charge in [-0.3, -0.25) is 0 Å². The zero-order valence-corrected chi connectivity index (χ0v) is 12.6. The lowest BCUT2D eigenvalue weighted by molar-refractivity contribution is 0.0527. The first-order chi connectivity index (χ1) is 9.60. The number of nitrogen functional groups attached to an aromatic ring is 1. The summed E-state index contributed by atoms with van der Waals surface area (Å²) >= 11 is 6.14. The maximum absolute atomic E-state index is 11.9. The van der Waals surface area contributed by atoms with E-state index in [-0.39, 0.29) is 0 Å². The summed E-state index contributed by atoms with van der Waals surface area (Å²) in [4.78, 5) is 11.9. The lowest BCUT2D eigenvalue weighted by atomic mass is 10.1. The zero-order valence-electron chi connectivity index (χ0n) is 11.9. The number of halogens is 1. The molecule has 0 spiro atoms. The van der Waals surface area contributed by atoms with E-state index in [1.165, 1.54) is 0 Å². The number of carbonyl (C=O) groups is 1. The summed E-state index contributed by atoms with van der Waals surface area (Å²) in [5.41, 5.74) is 7.08. The molecule has 0 radical (unpaired) electrons. The first kappa shape index (κ1) is 16.6. The van der Waals surface area contributed by atoms with Gasteiger partial charge in [-0.25, -0.2) is 4.79 Å². The van der Waals surface area contributed by atoms with E-state index < -0.39 is 5.97 Å². The van der Waals surface area contributed by atoms with Crippen LogP contribution in [0.4, 0.5) is 11.4 Å². The van der Waals surface area contributed by atoms with E-state index >= 15 is 0 Å². The number of hydrogen-bond donors (Lipinski definition) is 2. The van der Waals surface area contributed by atoms with Gasteiger partial charge in [0.15, 0.2) is 0 Å². The van der Waals surface area contributed by atoms with Crippen LogP contribution in [0.15, 0.2) is 12.1 Å². The molecule has 5 nitrogen and oxygen atoms in total. The molecule has 20 heavy (non-hydrogen) atoms. The van der Waals surface area contributed by atoms with Gasteiger partial charge in [-0.1, -0.05) is 11.6 Å². The lowest BCUT2D eigenvalue weighted by Crippen LogP contribution is -2.12. The Bertz CT molecular complexity index is 452. The zero-order chi connectivity index (χ0) is 15.0. The Morgan fingerprint density at radius 3 is 2.80 bits per heavy atom. The Morgan fingerprint density at radius 1 is 1.40 bits per heavy atom. The molecule has 0 amide bonds. The van der Waals surface area contributed by atoms with Crippen molar-refractivity contribution in [2.45, 2.75) is 19.8 Å². The van der Waals surface area contributed by atoms with Gasteiger partial charge in [0, 0.05) is 25.9 Å². The second kappa shape index (κ2) is 8.66. The van der Waals surface area contributed by atoms with E-state index in [0.717, 1.165) is 12.8 Å². The monoisotopic (exact) mass is 300 g/mol. The van der Waals surface area contributed by atoms with Crippen LogP contribution >= 0.6 is 11.6 Å². The summed E-state index contributed by atoms with van der Waals surface area (Å²) in [6.45, 7) is 3.46. The number of rotatable bonds is 8. The van der Waals surface area contributed by atoms with Gasteiger partial charge in [0.25, 0.3) is 0 Å². The van der Waals surface area contributed by atoms with Crippen LogP contribution in [0.1, 0.15) is 30.1 Å². The minimum atomic E-state index is -0.430. The average Bonchev–Trinajstić information content (AvgIpc) is 2.40. The van der Waals surface area contributed by atoms with Crippen molar-refractivity contribution < 1.29 is 14.3 Å². The number of nitrogens with one attached hydrogen (secondary N) is 1. The van der Waals surface area contributed by atoms with E-state index in [2.05, 4.69) is 5.32 Å². The van der Waals surface area contributed by atoms with E-state index in [1.807, 2.05) is 0 Å². The van der Waals surface area contributed by atoms with Crippen molar-refractivity contribution in [2.24, 2.45) is 0 Å². The molecule has 112 valence electrons. The molecule has 0 saturated carbocycles. The Labute approximate surface area is 124 Å². The molecule has 3 N–H and O–H groups in total. The molecule has 0 unspecified atom stereocenters. The summed E-state index contributed by atoms with van der Waals surface area (Å²) in [6, 6.07) is 3.18. The van der Waals surface area contributed by atoms with E-state index in [4.69, 9.17) is 26.8 Å². The van der Waals surface area contributed by atoms with Gasteiger partial charge < -0.3 is 20.5 Å². The molecule has 0 atom stereocenters. The lowest BCUT2D eigenvalue weighted by Gasteiger charge is -2.14. The number of anilines is 2. The normalized spacial score (nSPS) is 10.3. The quantitative estimate of drug-likeness (QED) is 0.439. The third-order valence-corrected chi connectivity index (χ3v) is 2.98. The number of nitrogens with two attached hydrogens (primary N) is 1. The second-order valence-electron chi connectivity index (χ2n) is 4.27. The Morgan fingerprint density at radius 2 is 2.15 bits per heavy atom. The molecule has 0 bridgehead atoms. The highest BCUT2D eigenvalue weighted by Gasteiger charge is 2.16. The Balaban J connectivity index is 2.79. The van der Waals surface area contributed by atoms with Crippen LogP contribution in [0, 0.1) is 0 Å². The molecule has 1 aromatic carbocycles. The van der Waals surface area contributed by atoms with Crippen molar-refractivity contribution in [3.05, 3.63) is 22.7 Å². The van der Waals surface area contributed by atoms with Crippen molar-refractivity contribution in [3.63, 3.8) is 0 Å². The van der Waals surface area contributed by atoms with Gasteiger partial charge in [0.05, 0.1) is 22.9 Å². The van der Waals surface area contributed by atoms with Gasteiger partial charge >= 0.3 is 5.97 Å². The first-order valence-electron chi connectivity index (χ1n) is 6.59. The Kier molecular flexibility index (Phi) is 7.18. The number of carbonyl (C=O) groups excluding carboxylic acids is 1. The molecule has 0 aliphatic rings. The molecule has 6 heteroatoms. The van der Waals surface area contributed by atoms with E-state index in [0.29, 0.717) is 41.7 Å². The number of unbranched alkanes of at least 4 members (excludes halogenated alkanes) is 1. The fraction of sp³-hybridized carbons (Fsp3) is 0.500. The molecule has 0 aliphatic carbocycles. The van der Waals surface area contributed by atoms with Crippen LogP contribution < -0.4 is 11.1 Å². The van der Waals surface area contributed by atoms with Gasteiger partial charge in [0.2, 0.25) is 0 Å². The number of esters is 1. The van der Waals surface area contributed by atoms with E-state index in [9.17, 15) is 4.79 Å². The fourth-order valence-electron chi connectivity index (χ4n) is 1.76. The third kappa shape index (κ3) is 4.90. The maximum atomic E-state index is 11.9. The molecular weight excluding hydrogens is 280 g/mol. The SMILES string of the molecule is CCOC(=O)c1cc(N)cc(Cl)c1NCCCCOC. The predicted octanol–water partition coefficient (Wildman–Crippen LogP) is 2.94. The molecule has 0 saturated heterocycles. The maximum Gasteiger partial charge on any atom is 0.340 e. The minimum absolute atomic E-state index is 0.304. The van der Waals surface area contributed by atoms with Crippen LogP contribution in [0.2, 0.25) is 5.02 Å². The third-order valence-electron chi connectivity index (χ3n) is 2.68. The molecular formula is C14H21ClN2O3. The van der Waals surface area contributed by atoms with Crippen molar-refractivity contribution in [1.82, 2.24) is 0 Å². The molecule has 0 aromatic heterocycles. The van der Waals surface area contributed by atoms with Crippen molar-refractivity contribution >= 4 is 28.9 Å². The summed E-state index contributed by atoms with van der Waals surface area (Å²) in [7, 11) is 1.67. The van der Waals surface area contributed by atoms with Crippen molar-refractivity contribution in [3.8, 4) is 0 Å². The summed E-state index contributed by atoms with van der Waals surface area (Å²) in [5.74, 6) is -0.430. The van der Waals surface area contributed by atoms with E-state index in [1.54, 1.807) is 26.2 Å². The molecule has 1 rings (SSSR count). The van der Waals surface area contributed by atoms with Gasteiger partial charge in [-0.05, 0) is 31.9 Å². The van der Waals surface area contributed by atoms with Crippen molar-refractivity contribution in [1.29, 1.82) is 0 Å². The van der Waals surface area contributed by atoms with Gasteiger partial charge in [-0.15, -0.1) is 0 Å². The summed E-state index contributed by atoms with van der Waals surface area (Å²) in [5, 5.41) is 3.58. The largest absolute Gasteiger partial charge is 0.462 e. The van der Waals surface area contributed by atoms with Crippen LogP contribution in [-0.4, -0.2) is 32.8 Å². The highest BCUT2D eigenvalue weighted by Crippen LogP contribution is 2.29. The number of ether oxygens (including phenoxy) is 2. The van der Waals surface area contributed by atoms with Crippen molar-refractivity contribution in [2.75, 3.05) is 37.9 Å². The highest BCUT2D eigenvalue weighted by molar-refractivity contribution is 6.34. The Hall–Kier alpha value is -1.46. The van der Waals surface area contributed by atoms with Crippen LogP contribution in [0.5, 0.6) is 0 Å². The predicted molar refractivity (Wildman–Crippen MR) is 81.4 cm³/mol. The fourth-order valence-corrected chi connectivity index (χ4v) is 2.06. The number of hydrogen-bond acceptors (Lipinski definition) is 5. The molecule has 1 aromatic rings. The van der Waals surface area contributed by atoms with Gasteiger partial charge in [-0.2, -0.15) is 0 Å². The molecule has 0 heterocycles. The second-order valence-corrected chi connectivity index (χ2v) is 4.68. The smallest absolute Gasteiger partial charge is 0.340 e. The highest BCUT2D eigenvalue weighted by atomic mass is 35.5. The minimum Gasteiger partial charge on any atom is -0.462 e. The standard InChI is InChI=1S/C14H21ClN2O3/c1-3-20-14(18)11-8-10(16)9-12(15)13(11)17-6-4-5-7-19-2/h8-9,17H,3-7,16H2,1-2H3. The van der Waals surface area contributed by atoms with Crippen LogP contribution in [0.25, 0.3) is 0 Å². The molecule has 0 fully saturated rings. The number of benzene rings is 1. The van der Waals surface area contributed by atoms with Crippen LogP contribution in [-0.2, 0) is 9.47 Å². The average molecular weight is 301 g/mol. The molecule has 0 aliphatic heterocycles. The van der Waals surface area contributed by atoms with Gasteiger partial charge in [0.1, 0.15) is 0 Å². The summed E-state index contributed by atoms with van der Waals surface area (Å²) in [6.07, 6.45) is 1.85. The number of methoxy groups -OCH3 is 1. The summed E-state index contributed by atoms with van der Waals surface area (Å²) < 4.78 is 9.99. The topological polar surface area (TPSA) is 73.6 Å². The van der Waals surface area contributed by atoms with Crippen LogP contribution in [0.3, 0.4) is 0 Å². The first-order valence-corrected chi connectivity index (χ1v) is 6.96.